The van der Waals surface area contributed by atoms with E-state index in [1.165, 1.54) is 18.3 Å². The molecule has 2 rings (SSSR count). The van der Waals surface area contributed by atoms with Crippen molar-refractivity contribution in [2.75, 3.05) is 5.32 Å². The molecule has 0 aliphatic rings. The van der Waals surface area contributed by atoms with Gasteiger partial charge in [0.1, 0.15) is 17.4 Å². The molecule has 98 valence electrons. The van der Waals surface area contributed by atoms with Crippen LogP contribution in [0, 0.1) is 5.82 Å². The minimum atomic E-state index is -0.428. The van der Waals surface area contributed by atoms with Gasteiger partial charge in [0.15, 0.2) is 0 Å². The zero-order valence-corrected chi connectivity index (χ0v) is 10.3. The molecule has 0 saturated heterocycles. The predicted octanol–water partition coefficient (Wildman–Crippen LogP) is 2.76. The molecule has 0 saturated carbocycles. The van der Waals surface area contributed by atoms with Gasteiger partial charge < -0.3 is 10.1 Å². The van der Waals surface area contributed by atoms with Crippen molar-refractivity contribution in [2.24, 2.45) is 0 Å². The standard InChI is InChI=1S/C13H12FN3O2/c1-2-12(18)17-11-5-4-10(8-15-11)19-13-6-3-9(14)7-16-13/h3-8H,2H2,1H3,(H,15,17,18). The van der Waals surface area contributed by atoms with E-state index in [4.69, 9.17) is 4.74 Å². The van der Waals surface area contributed by atoms with Crippen LogP contribution in [0.2, 0.25) is 0 Å². The molecule has 2 heterocycles. The maximum absolute atomic E-state index is 12.7. The number of rotatable bonds is 4. The maximum atomic E-state index is 12.7. The van der Waals surface area contributed by atoms with Crippen LogP contribution in [-0.2, 0) is 4.79 Å². The number of carbonyl (C=O) groups is 1. The number of aromatic nitrogens is 2. The SMILES string of the molecule is CCC(=O)Nc1ccc(Oc2ccc(F)cn2)cn1. The van der Waals surface area contributed by atoms with E-state index >= 15 is 0 Å². The van der Waals surface area contributed by atoms with Crippen LogP contribution in [0.5, 0.6) is 11.6 Å². The van der Waals surface area contributed by atoms with Crippen LogP contribution >= 0.6 is 0 Å². The third-order valence-electron chi connectivity index (χ3n) is 2.25. The first kappa shape index (κ1) is 12.9. The van der Waals surface area contributed by atoms with Gasteiger partial charge >= 0.3 is 0 Å². The van der Waals surface area contributed by atoms with E-state index in [1.54, 1.807) is 19.1 Å². The Morgan fingerprint density at radius 1 is 1.26 bits per heavy atom. The number of halogens is 1. The minimum Gasteiger partial charge on any atom is -0.437 e. The number of hydrogen-bond acceptors (Lipinski definition) is 4. The van der Waals surface area contributed by atoms with Gasteiger partial charge in [0.25, 0.3) is 0 Å². The van der Waals surface area contributed by atoms with E-state index in [2.05, 4.69) is 15.3 Å². The van der Waals surface area contributed by atoms with Crippen LogP contribution in [0.4, 0.5) is 10.2 Å². The van der Waals surface area contributed by atoms with E-state index in [0.29, 0.717) is 18.0 Å². The van der Waals surface area contributed by atoms with E-state index in [9.17, 15) is 9.18 Å². The van der Waals surface area contributed by atoms with E-state index in [0.717, 1.165) is 6.20 Å². The lowest BCUT2D eigenvalue weighted by molar-refractivity contribution is -0.115. The summed E-state index contributed by atoms with van der Waals surface area (Å²) >= 11 is 0. The van der Waals surface area contributed by atoms with Crippen molar-refractivity contribution in [1.29, 1.82) is 0 Å². The van der Waals surface area contributed by atoms with Gasteiger partial charge in [0.2, 0.25) is 11.8 Å². The Morgan fingerprint density at radius 3 is 2.68 bits per heavy atom. The first-order valence-electron chi connectivity index (χ1n) is 5.72. The summed E-state index contributed by atoms with van der Waals surface area (Å²) in [6.45, 7) is 1.76. The van der Waals surface area contributed by atoms with Gasteiger partial charge in [-0.3, -0.25) is 4.79 Å². The van der Waals surface area contributed by atoms with Gasteiger partial charge in [-0.25, -0.2) is 14.4 Å². The molecule has 0 aromatic carbocycles. The molecule has 0 radical (unpaired) electrons. The molecule has 2 aromatic rings. The molecule has 2 aromatic heterocycles. The van der Waals surface area contributed by atoms with E-state index in [1.807, 2.05) is 0 Å². The van der Waals surface area contributed by atoms with E-state index < -0.39 is 5.82 Å². The summed E-state index contributed by atoms with van der Waals surface area (Å²) in [5, 5.41) is 2.62. The van der Waals surface area contributed by atoms with Gasteiger partial charge in [-0.1, -0.05) is 6.92 Å². The number of hydrogen-bond donors (Lipinski definition) is 1. The predicted molar refractivity (Wildman–Crippen MR) is 67.4 cm³/mol. The minimum absolute atomic E-state index is 0.110. The summed E-state index contributed by atoms with van der Waals surface area (Å²) in [6.07, 6.45) is 2.91. The number of pyridine rings is 2. The van der Waals surface area contributed by atoms with Crippen molar-refractivity contribution >= 4 is 11.7 Å². The summed E-state index contributed by atoms with van der Waals surface area (Å²) in [6, 6.07) is 5.93. The summed E-state index contributed by atoms with van der Waals surface area (Å²) in [4.78, 5) is 18.9. The summed E-state index contributed by atoms with van der Waals surface area (Å²) in [7, 11) is 0. The van der Waals surface area contributed by atoms with Crippen molar-refractivity contribution in [1.82, 2.24) is 9.97 Å². The molecule has 1 amide bonds. The normalized spacial score (nSPS) is 10.0. The van der Waals surface area contributed by atoms with Crippen LogP contribution in [0.1, 0.15) is 13.3 Å². The molecule has 1 N–H and O–H groups in total. The Bertz CT molecular complexity index is 555. The average Bonchev–Trinajstić information content (AvgIpc) is 2.43. The molecule has 6 heteroatoms. The number of amides is 1. The Kier molecular flexibility index (Phi) is 4.02. The highest BCUT2D eigenvalue weighted by molar-refractivity contribution is 5.89. The fourth-order valence-electron chi connectivity index (χ4n) is 1.29. The number of nitrogens with zero attached hydrogens (tertiary/aromatic N) is 2. The van der Waals surface area contributed by atoms with Crippen molar-refractivity contribution in [3.05, 3.63) is 42.5 Å². The Balaban J connectivity index is 2.02. The second-order valence-electron chi connectivity index (χ2n) is 3.70. The molecule has 0 unspecified atom stereocenters. The van der Waals surface area contributed by atoms with Crippen LogP contribution < -0.4 is 10.1 Å². The van der Waals surface area contributed by atoms with Crippen LogP contribution in [-0.4, -0.2) is 15.9 Å². The van der Waals surface area contributed by atoms with E-state index in [-0.39, 0.29) is 11.8 Å². The average molecular weight is 261 g/mol. The highest BCUT2D eigenvalue weighted by Crippen LogP contribution is 2.19. The third-order valence-corrected chi connectivity index (χ3v) is 2.25. The monoisotopic (exact) mass is 261 g/mol. The second-order valence-corrected chi connectivity index (χ2v) is 3.70. The van der Waals surface area contributed by atoms with Crippen molar-refractivity contribution in [2.45, 2.75) is 13.3 Å². The van der Waals surface area contributed by atoms with Crippen LogP contribution in [0.3, 0.4) is 0 Å². The first-order chi connectivity index (χ1) is 9.17. The molecule has 0 spiro atoms. The zero-order valence-electron chi connectivity index (χ0n) is 10.3. The highest BCUT2D eigenvalue weighted by atomic mass is 19.1. The smallest absolute Gasteiger partial charge is 0.225 e. The molecule has 5 nitrogen and oxygen atoms in total. The Labute approximate surface area is 109 Å². The molecule has 0 atom stereocenters. The van der Waals surface area contributed by atoms with Crippen LogP contribution in [0.25, 0.3) is 0 Å². The first-order valence-corrected chi connectivity index (χ1v) is 5.72. The van der Waals surface area contributed by atoms with Gasteiger partial charge in [0.05, 0.1) is 12.4 Å². The van der Waals surface area contributed by atoms with Gasteiger partial charge in [-0.05, 0) is 18.2 Å². The Hall–Kier alpha value is -2.50. The zero-order chi connectivity index (χ0) is 13.7. The lowest BCUT2D eigenvalue weighted by atomic mass is 10.4. The molecule has 0 bridgehead atoms. The number of carbonyl (C=O) groups excluding carboxylic acids is 1. The summed E-state index contributed by atoms with van der Waals surface area (Å²) in [5.74, 6) is 0.637. The number of anilines is 1. The van der Waals surface area contributed by atoms with Crippen LogP contribution in [0.15, 0.2) is 36.7 Å². The largest absolute Gasteiger partial charge is 0.437 e. The molecule has 0 aliphatic carbocycles. The fraction of sp³-hybridized carbons (Fsp3) is 0.154. The second kappa shape index (κ2) is 5.90. The Morgan fingerprint density at radius 2 is 2.11 bits per heavy atom. The van der Waals surface area contributed by atoms with Gasteiger partial charge in [-0.2, -0.15) is 0 Å². The quantitative estimate of drug-likeness (QED) is 0.919. The molecule has 0 aliphatic heterocycles. The molecule has 0 fully saturated rings. The molecular weight excluding hydrogens is 249 g/mol. The fourth-order valence-corrected chi connectivity index (χ4v) is 1.29. The van der Waals surface area contributed by atoms with Gasteiger partial charge in [0, 0.05) is 12.5 Å². The van der Waals surface area contributed by atoms with Gasteiger partial charge in [-0.15, -0.1) is 0 Å². The maximum Gasteiger partial charge on any atom is 0.225 e. The van der Waals surface area contributed by atoms with Crippen molar-refractivity contribution in [3.8, 4) is 11.6 Å². The highest BCUT2D eigenvalue weighted by Gasteiger charge is 2.02. The van der Waals surface area contributed by atoms with Crippen molar-refractivity contribution < 1.29 is 13.9 Å². The topological polar surface area (TPSA) is 64.1 Å². The van der Waals surface area contributed by atoms with Crippen molar-refractivity contribution in [3.63, 3.8) is 0 Å². The summed E-state index contributed by atoms with van der Waals surface area (Å²) < 4.78 is 18.0. The summed E-state index contributed by atoms with van der Waals surface area (Å²) in [5.41, 5.74) is 0. The lowest BCUT2D eigenvalue weighted by Crippen LogP contribution is -2.10. The number of ether oxygens (including phenoxy) is 1. The lowest BCUT2D eigenvalue weighted by Gasteiger charge is -2.05. The molecular formula is C13H12FN3O2. The molecule has 19 heavy (non-hydrogen) atoms. The number of nitrogens with one attached hydrogen (secondary N) is 1. The third kappa shape index (κ3) is 3.74.